The first-order chi connectivity index (χ1) is 17.3. The predicted molar refractivity (Wildman–Crippen MR) is 139 cm³/mol. The Bertz CT molecular complexity index is 1540. The Morgan fingerprint density at radius 3 is 2.53 bits per heavy atom. The van der Waals surface area contributed by atoms with Crippen molar-refractivity contribution >= 4 is 33.3 Å². The molecule has 8 nitrogen and oxygen atoms in total. The molecule has 0 aliphatic carbocycles. The molecule has 1 amide bonds. The van der Waals surface area contributed by atoms with Gasteiger partial charge in [0.15, 0.2) is 16.9 Å². The monoisotopic (exact) mass is 505 g/mol. The van der Waals surface area contributed by atoms with Crippen LogP contribution in [0.4, 0.5) is 5.13 Å². The molecule has 9 heteroatoms. The molecule has 1 aliphatic rings. The van der Waals surface area contributed by atoms with E-state index in [0.717, 1.165) is 24.0 Å². The van der Waals surface area contributed by atoms with Crippen LogP contribution in [0.5, 0.6) is 11.5 Å². The molecule has 186 valence electrons. The van der Waals surface area contributed by atoms with Gasteiger partial charge in [-0.2, -0.15) is 0 Å². The number of anilines is 1. The number of nitrogens with zero attached hydrogens (tertiary/aromatic N) is 3. The summed E-state index contributed by atoms with van der Waals surface area (Å²) in [4.78, 5) is 29.1. The van der Waals surface area contributed by atoms with Gasteiger partial charge in [-0.25, -0.2) is 0 Å². The highest BCUT2D eigenvalue weighted by atomic mass is 32.1. The van der Waals surface area contributed by atoms with E-state index < -0.39 is 11.9 Å². The van der Waals surface area contributed by atoms with Crippen LogP contribution in [-0.4, -0.2) is 29.8 Å². The molecule has 1 aliphatic heterocycles. The van der Waals surface area contributed by atoms with Crippen molar-refractivity contribution in [3.8, 4) is 11.5 Å². The van der Waals surface area contributed by atoms with Crippen LogP contribution in [0.1, 0.15) is 63.6 Å². The van der Waals surface area contributed by atoms with E-state index in [9.17, 15) is 9.59 Å². The smallest absolute Gasteiger partial charge is 0.297 e. The minimum atomic E-state index is -0.749. The van der Waals surface area contributed by atoms with Crippen molar-refractivity contribution in [2.45, 2.75) is 46.6 Å². The van der Waals surface area contributed by atoms with Crippen LogP contribution in [0.25, 0.3) is 11.0 Å². The molecule has 0 saturated carbocycles. The summed E-state index contributed by atoms with van der Waals surface area (Å²) in [6.45, 7) is 8.38. The molecular formula is C27H27N3O5S. The van der Waals surface area contributed by atoms with Gasteiger partial charge in [0.1, 0.15) is 10.6 Å². The molecule has 0 radical (unpaired) electrons. The van der Waals surface area contributed by atoms with E-state index in [1.54, 1.807) is 19.2 Å². The van der Waals surface area contributed by atoms with Gasteiger partial charge >= 0.3 is 0 Å². The lowest BCUT2D eigenvalue weighted by atomic mass is 9.97. The third-order valence-corrected chi connectivity index (χ3v) is 7.30. The summed E-state index contributed by atoms with van der Waals surface area (Å²) in [5.74, 6) is 0.727. The van der Waals surface area contributed by atoms with Crippen molar-refractivity contribution in [1.29, 1.82) is 0 Å². The molecule has 2 aromatic heterocycles. The predicted octanol–water partition coefficient (Wildman–Crippen LogP) is 5.51. The second kappa shape index (κ2) is 9.39. The minimum absolute atomic E-state index is 0.0239. The number of carbonyl (C=O) groups excluding carboxylic acids is 1. The Balaban J connectivity index is 1.72. The Morgan fingerprint density at radius 1 is 1.06 bits per heavy atom. The van der Waals surface area contributed by atoms with E-state index in [4.69, 9.17) is 13.9 Å². The average Bonchev–Trinajstić information content (AvgIpc) is 3.41. The van der Waals surface area contributed by atoms with Crippen LogP contribution in [0.3, 0.4) is 0 Å². The number of hydrogen-bond donors (Lipinski definition) is 0. The van der Waals surface area contributed by atoms with E-state index in [0.29, 0.717) is 44.8 Å². The number of hydrogen-bond acceptors (Lipinski definition) is 8. The van der Waals surface area contributed by atoms with E-state index in [1.165, 1.54) is 16.2 Å². The fourth-order valence-electron chi connectivity index (χ4n) is 4.42. The maximum atomic E-state index is 13.9. The maximum Gasteiger partial charge on any atom is 0.297 e. The van der Waals surface area contributed by atoms with Crippen molar-refractivity contribution in [2.75, 3.05) is 18.6 Å². The summed E-state index contributed by atoms with van der Waals surface area (Å²) in [6, 6.07) is 8.34. The summed E-state index contributed by atoms with van der Waals surface area (Å²) in [6.07, 6.45) is 1.94. The van der Waals surface area contributed by atoms with Crippen molar-refractivity contribution in [3.63, 3.8) is 0 Å². The standard InChI is InChI=1S/C27H27N3O5S/c1-6-7-10-34-19-9-8-17(13-21(19)33-5)23-22-24(31)18-11-14(2)15(3)12-20(18)35-25(22)26(32)30(23)27-29-28-16(4)36-27/h8-9,11-13,23H,6-7,10H2,1-5H3. The van der Waals surface area contributed by atoms with Crippen molar-refractivity contribution in [2.24, 2.45) is 0 Å². The molecule has 0 N–H and O–H groups in total. The SMILES string of the molecule is CCCCOc1ccc(C2c3c(oc4cc(C)c(C)cc4c3=O)C(=O)N2c2nnc(C)s2)cc1OC. The third-order valence-electron chi connectivity index (χ3n) is 6.47. The van der Waals surface area contributed by atoms with Gasteiger partial charge in [0.25, 0.3) is 5.91 Å². The molecule has 0 saturated heterocycles. The van der Waals surface area contributed by atoms with Gasteiger partial charge in [-0.1, -0.05) is 30.7 Å². The largest absolute Gasteiger partial charge is 0.493 e. The Kier molecular flexibility index (Phi) is 6.26. The van der Waals surface area contributed by atoms with Crippen LogP contribution >= 0.6 is 11.3 Å². The van der Waals surface area contributed by atoms with Crippen LogP contribution in [0.15, 0.2) is 39.5 Å². The number of rotatable bonds is 7. The highest BCUT2D eigenvalue weighted by Crippen LogP contribution is 2.44. The zero-order valence-electron chi connectivity index (χ0n) is 20.9. The van der Waals surface area contributed by atoms with Gasteiger partial charge < -0.3 is 13.9 Å². The van der Waals surface area contributed by atoms with E-state index >= 15 is 0 Å². The molecule has 1 atom stereocenters. The number of fused-ring (bicyclic) bond motifs is 2. The number of amides is 1. The Hall–Kier alpha value is -3.72. The normalized spacial score (nSPS) is 15.0. The van der Waals surface area contributed by atoms with Crippen LogP contribution in [-0.2, 0) is 0 Å². The molecule has 0 bridgehead atoms. The first-order valence-corrected chi connectivity index (χ1v) is 12.7. The maximum absolute atomic E-state index is 13.9. The van der Waals surface area contributed by atoms with E-state index in [1.807, 2.05) is 39.0 Å². The van der Waals surface area contributed by atoms with Crippen LogP contribution in [0.2, 0.25) is 0 Å². The van der Waals surface area contributed by atoms with Crippen molar-refractivity contribution in [3.05, 3.63) is 73.6 Å². The number of benzene rings is 2. The van der Waals surface area contributed by atoms with Gasteiger partial charge in [-0.3, -0.25) is 14.5 Å². The molecular weight excluding hydrogens is 478 g/mol. The number of unbranched alkanes of at least 4 members (excludes halogenated alkanes) is 1. The number of aryl methyl sites for hydroxylation is 3. The minimum Gasteiger partial charge on any atom is -0.493 e. The Labute approximate surface area is 212 Å². The first kappa shape index (κ1) is 24.0. The van der Waals surface area contributed by atoms with Crippen molar-refractivity contribution in [1.82, 2.24) is 10.2 Å². The highest BCUT2D eigenvalue weighted by Gasteiger charge is 2.45. The fourth-order valence-corrected chi connectivity index (χ4v) is 5.14. The Morgan fingerprint density at radius 2 is 1.83 bits per heavy atom. The number of aromatic nitrogens is 2. The van der Waals surface area contributed by atoms with Crippen LogP contribution < -0.4 is 19.8 Å². The molecule has 5 rings (SSSR count). The summed E-state index contributed by atoms with van der Waals surface area (Å²) >= 11 is 1.28. The quantitative estimate of drug-likeness (QED) is 0.306. The number of carbonyl (C=O) groups is 1. The lowest BCUT2D eigenvalue weighted by Gasteiger charge is -2.23. The zero-order chi connectivity index (χ0) is 25.6. The van der Waals surface area contributed by atoms with Crippen molar-refractivity contribution < 1.29 is 18.7 Å². The lowest BCUT2D eigenvalue weighted by molar-refractivity contribution is 0.0970. The van der Waals surface area contributed by atoms with E-state index in [2.05, 4.69) is 17.1 Å². The third kappa shape index (κ3) is 3.93. The van der Waals surface area contributed by atoms with Gasteiger partial charge in [0.2, 0.25) is 10.9 Å². The lowest BCUT2D eigenvalue weighted by Crippen LogP contribution is -2.29. The topological polar surface area (TPSA) is 94.8 Å². The fraction of sp³-hybridized carbons (Fsp3) is 0.333. The van der Waals surface area contributed by atoms with Gasteiger partial charge in [0, 0.05) is 0 Å². The molecule has 1 unspecified atom stereocenters. The number of ether oxygens (including phenoxy) is 2. The van der Waals surface area contributed by atoms with Gasteiger partial charge in [-0.15, -0.1) is 10.2 Å². The first-order valence-electron chi connectivity index (χ1n) is 11.9. The van der Waals surface area contributed by atoms with E-state index in [-0.39, 0.29) is 16.8 Å². The molecule has 2 aromatic carbocycles. The van der Waals surface area contributed by atoms with Gasteiger partial charge in [0.05, 0.1) is 30.7 Å². The average molecular weight is 506 g/mol. The summed E-state index contributed by atoms with van der Waals surface area (Å²) in [7, 11) is 1.57. The highest BCUT2D eigenvalue weighted by molar-refractivity contribution is 7.15. The second-order valence-corrected chi connectivity index (χ2v) is 10.1. The molecule has 3 heterocycles. The molecule has 36 heavy (non-hydrogen) atoms. The van der Waals surface area contributed by atoms with Crippen LogP contribution in [0, 0.1) is 20.8 Å². The summed E-state index contributed by atoms with van der Waals surface area (Å²) < 4.78 is 17.6. The molecule has 0 fully saturated rings. The summed E-state index contributed by atoms with van der Waals surface area (Å²) in [5.41, 5.74) is 3.07. The second-order valence-electron chi connectivity index (χ2n) is 8.90. The summed E-state index contributed by atoms with van der Waals surface area (Å²) in [5, 5.41) is 9.86. The molecule has 0 spiro atoms. The molecule has 4 aromatic rings. The number of methoxy groups -OCH3 is 1. The van der Waals surface area contributed by atoms with Gasteiger partial charge in [-0.05, 0) is 68.1 Å². The zero-order valence-corrected chi connectivity index (χ0v) is 21.7.